The highest BCUT2D eigenvalue weighted by atomic mass is 16.7. The Hall–Kier alpha value is -1.81. The van der Waals surface area contributed by atoms with Crippen LogP contribution in [-0.2, 0) is 24.8 Å². The molecule has 0 amide bonds. The van der Waals surface area contributed by atoms with Gasteiger partial charge in [0.25, 0.3) is 5.79 Å². The molecule has 1 aromatic carbocycles. The van der Waals surface area contributed by atoms with Gasteiger partial charge >= 0.3 is 5.97 Å². The van der Waals surface area contributed by atoms with Crippen LogP contribution in [0.3, 0.4) is 0 Å². The number of rotatable bonds is 5. The van der Waals surface area contributed by atoms with Gasteiger partial charge < -0.3 is 14.2 Å². The molecule has 2 rings (SSSR count). The van der Waals surface area contributed by atoms with Crippen LogP contribution in [0.25, 0.3) is 0 Å². The van der Waals surface area contributed by atoms with E-state index < -0.39 is 11.8 Å². The van der Waals surface area contributed by atoms with Crippen molar-refractivity contribution in [3.8, 4) is 0 Å². The fourth-order valence-electron chi connectivity index (χ4n) is 1.89. The van der Waals surface area contributed by atoms with Crippen LogP contribution in [0.1, 0.15) is 19.4 Å². The van der Waals surface area contributed by atoms with E-state index in [1.54, 1.807) is 6.08 Å². The quantitative estimate of drug-likeness (QED) is 0.750. The first-order chi connectivity index (χ1) is 8.72. The molecule has 18 heavy (non-hydrogen) atoms. The summed E-state index contributed by atoms with van der Waals surface area (Å²) >= 11 is 0. The zero-order chi connectivity index (χ0) is 13.0. The van der Waals surface area contributed by atoms with E-state index in [4.69, 9.17) is 14.2 Å². The molecule has 4 nitrogen and oxygen atoms in total. The lowest BCUT2D eigenvalue weighted by atomic mass is 10.1. The summed E-state index contributed by atoms with van der Waals surface area (Å²) in [6, 6.07) is 9.35. The second-order valence-corrected chi connectivity index (χ2v) is 3.80. The molecule has 0 saturated carbocycles. The third kappa shape index (κ3) is 2.24. The monoisotopic (exact) mass is 248 g/mol. The molecule has 0 spiro atoms. The highest BCUT2D eigenvalue weighted by molar-refractivity contribution is 5.89. The van der Waals surface area contributed by atoms with Crippen molar-refractivity contribution < 1.29 is 19.0 Å². The Morgan fingerprint density at radius 3 is 2.50 bits per heavy atom. The normalized spacial score (nSPS) is 22.6. The van der Waals surface area contributed by atoms with Crippen LogP contribution in [0.2, 0.25) is 0 Å². The molecule has 1 aliphatic heterocycles. The Bertz CT molecular complexity index is 452. The summed E-state index contributed by atoms with van der Waals surface area (Å²) in [6.45, 7) is 4.51. The van der Waals surface area contributed by atoms with Gasteiger partial charge in [0.15, 0.2) is 0 Å². The van der Waals surface area contributed by atoms with E-state index in [1.807, 2.05) is 44.2 Å². The SMILES string of the molecule is CCOC1=CC(OCC)(c2ccccc2)OC1=O. The molecule has 0 bridgehead atoms. The summed E-state index contributed by atoms with van der Waals surface area (Å²) < 4.78 is 16.2. The van der Waals surface area contributed by atoms with Gasteiger partial charge in [0.1, 0.15) is 0 Å². The number of carbonyl (C=O) groups is 1. The van der Waals surface area contributed by atoms with Crippen LogP contribution in [0.15, 0.2) is 42.2 Å². The van der Waals surface area contributed by atoms with Crippen LogP contribution in [-0.4, -0.2) is 19.2 Å². The first kappa shape index (κ1) is 12.6. The van der Waals surface area contributed by atoms with Gasteiger partial charge in [0.2, 0.25) is 5.76 Å². The van der Waals surface area contributed by atoms with Crippen molar-refractivity contribution in [1.82, 2.24) is 0 Å². The maximum absolute atomic E-state index is 11.7. The largest absolute Gasteiger partial charge is 0.487 e. The Labute approximate surface area is 106 Å². The smallest absolute Gasteiger partial charge is 0.376 e. The summed E-state index contributed by atoms with van der Waals surface area (Å²) in [6.07, 6.45) is 1.59. The maximum Gasteiger partial charge on any atom is 0.376 e. The molecule has 0 radical (unpaired) electrons. The first-order valence-electron chi connectivity index (χ1n) is 6.00. The number of ether oxygens (including phenoxy) is 3. The van der Waals surface area contributed by atoms with E-state index in [1.165, 1.54) is 0 Å². The van der Waals surface area contributed by atoms with Crippen molar-refractivity contribution in [2.75, 3.05) is 13.2 Å². The summed E-state index contributed by atoms with van der Waals surface area (Å²) in [5.41, 5.74) is 0.773. The average molecular weight is 248 g/mol. The van der Waals surface area contributed by atoms with E-state index in [0.29, 0.717) is 13.2 Å². The molecule has 0 N–H and O–H groups in total. The summed E-state index contributed by atoms with van der Waals surface area (Å²) in [5, 5.41) is 0. The van der Waals surface area contributed by atoms with E-state index in [9.17, 15) is 4.79 Å². The summed E-state index contributed by atoms with van der Waals surface area (Å²) in [4.78, 5) is 11.7. The summed E-state index contributed by atoms with van der Waals surface area (Å²) in [5.74, 6) is -1.44. The number of benzene rings is 1. The average Bonchev–Trinajstić information content (AvgIpc) is 2.69. The molecule has 1 heterocycles. The van der Waals surface area contributed by atoms with Crippen LogP contribution in [0.5, 0.6) is 0 Å². The second kappa shape index (κ2) is 5.23. The maximum atomic E-state index is 11.7. The van der Waals surface area contributed by atoms with Gasteiger partial charge in [-0.25, -0.2) is 4.79 Å². The number of hydrogen-bond acceptors (Lipinski definition) is 4. The molecular formula is C14H16O4. The van der Waals surface area contributed by atoms with E-state index >= 15 is 0 Å². The van der Waals surface area contributed by atoms with Gasteiger partial charge in [-0.2, -0.15) is 0 Å². The van der Waals surface area contributed by atoms with Crippen molar-refractivity contribution in [2.24, 2.45) is 0 Å². The lowest BCUT2D eigenvalue weighted by Gasteiger charge is -2.25. The van der Waals surface area contributed by atoms with Gasteiger partial charge in [-0.05, 0) is 13.8 Å². The van der Waals surface area contributed by atoms with Crippen molar-refractivity contribution in [2.45, 2.75) is 19.6 Å². The van der Waals surface area contributed by atoms with Gasteiger partial charge in [-0.3, -0.25) is 0 Å². The highest BCUT2D eigenvalue weighted by Gasteiger charge is 2.43. The predicted octanol–water partition coefficient (Wildman–Crippen LogP) is 2.35. The minimum Gasteiger partial charge on any atom is -0.487 e. The van der Waals surface area contributed by atoms with Crippen molar-refractivity contribution in [1.29, 1.82) is 0 Å². The summed E-state index contributed by atoms with van der Waals surface area (Å²) in [7, 11) is 0. The molecule has 0 saturated heterocycles. The van der Waals surface area contributed by atoms with Crippen LogP contribution >= 0.6 is 0 Å². The molecular weight excluding hydrogens is 232 g/mol. The van der Waals surface area contributed by atoms with E-state index in [0.717, 1.165) is 5.56 Å². The van der Waals surface area contributed by atoms with Gasteiger partial charge in [-0.1, -0.05) is 30.3 Å². The predicted molar refractivity (Wildman–Crippen MR) is 65.5 cm³/mol. The molecule has 0 aromatic heterocycles. The standard InChI is InChI=1S/C14H16O4/c1-3-16-12-10-14(17-4-2,18-13(12)15)11-8-6-5-7-9-11/h5-10H,3-4H2,1-2H3. The molecule has 96 valence electrons. The van der Waals surface area contributed by atoms with Gasteiger partial charge in [0.05, 0.1) is 6.61 Å². The Morgan fingerprint density at radius 2 is 1.89 bits per heavy atom. The molecule has 0 fully saturated rings. The molecule has 4 heteroatoms. The van der Waals surface area contributed by atoms with Crippen LogP contribution < -0.4 is 0 Å². The van der Waals surface area contributed by atoms with Crippen molar-refractivity contribution >= 4 is 5.97 Å². The second-order valence-electron chi connectivity index (χ2n) is 3.80. The molecule has 0 aliphatic carbocycles. The molecule has 1 aliphatic rings. The third-order valence-corrected chi connectivity index (χ3v) is 2.60. The van der Waals surface area contributed by atoms with Crippen molar-refractivity contribution in [3.63, 3.8) is 0 Å². The lowest BCUT2D eigenvalue weighted by Crippen LogP contribution is -2.29. The van der Waals surface area contributed by atoms with Gasteiger partial charge in [-0.15, -0.1) is 0 Å². The Morgan fingerprint density at radius 1 is 1.17 bits per heavy atom. The molecule has 1 unspecified atom stereocenters. The van der Waals surface area contributed by atoms with Crippen LogP contribution in [0, 0.1) is 0 Å². The highest BCUT2D eigenvalue weighted by Crippen LogP contribution is 2.36. The number of hydrogen-bond donors (Lipinski definition) is 0. The first-order valence-corrected chi connectivity index (χ1v) is 6.00. The Kier molecular flexibility index (Phi) is 3.67. The third-order valence-electron chi connectivity index (χ3n) is 2.60. The molecule has 1 atom stereocenters. The number of esters is 1. The zero-order valence-corrected chi connectivity index (χ0v) is 10.5. The fraction of sp³-hybridized carbons (Fsp3) is 0.357. The zero-order valence-electron chi connectivity index (χ0n) is 10.5. The number of cyclic esters (lactones) is 1. The van der Waals surface area contributed by atoms with Gasteiger partial charge in [0, 0.05) is 18.2 Å². The lowest BCUT2D eigenvalue weighted by molar-refractivity contribution is -0.202. The fourth-order valence-corrected chi connectivity index (χ4v) is 1.89. The van der Waals surface area contributed by atoms with E-state index in [-0.39, 0.29) is 5.76 Å². The Balaban J connectivity index is 2.38. The minimum absolute atomic E-state index is 0.204. The topological polar surface area (TPSA) is 44.8 Å². The van der Waals surface area contributed by atoms with Crippen molar-refractivity contribution in [3.05, 3.63) is 47.7 Å². The van der Waals surface area contributed by atoms with Crippen LogP contribution in [0.4, 0.5) is 0 Å². The van der Waals surface area contributed by atoms with E-state index in [2.05, 4.69) is 0 Å². The minimum atomic E-state index is -1.16. The molecule has 1 aromatic rings. The number of carbonyl (C=O) groups excluding carboxylic acids is 1.